The molecule has 0 atom stereocenters. The Hall–Kier alpha value is -1.39. The largest absolute Gasteiger partial charge is 0.320 e. The van der Waals surface area contributed by atoms with E-state index in [1.165, 1.54) is 0 Å². The molecule has 0 saturated carbocycles. The maximum atomic E-state index is 5.97. The van der Waals surface area contributed by atoms with E-state index in [9.17, 15) is 0 Å². The number of aromatic nitrogens is 3. The van der Waals surface area contributed by atoms with Gasteiger partial charge in [0.05, 0.1) is 17.4 Å². The Morgan fingerprint density at radius 1 is 1.35 bits per heavy atom. The van der Waals surface area contributed by atoms with Crippen LogP contribution in [0, 0.1) is 6.92 Å². The molecular weight excluding hydrogens is 236 g/mol. The number of benzene rings is 1. The van der Waals surface area contributed by atoms with Crippen LogP contribution in [0.25, 0.3) is 5.69 Å². The van der Waals surface area contributed by atoms with Gasteiger partial charge in [0.2, 0.25) is 0 Å². The Bertz CT molecular complexity index is 540. The zero-order valence-electron chi connectivity index (χ0n) is 10.1. The van der Waals surface area contributed by atoms with Crippen molar-refractivity contribution in [3.8, 4) is 5.69 Å². The van der Waals surface area contributed by atoms with E-state index in [0.29, 0.717) is 5.02 Å². The smallest absolute Gasteiger partial charge is 0.102 e. The predicted molar refractivity (Wildman–Crippen MR) is 68.3 cm³/mol. The van der Waals surface area contributed by atoms with E-state index >= 15 is 0 Å². The number of rotatable bonds is 2. The Kier molecular flexibility index (Phi) is 2.93. The lowest BCUT2D eigenvalue weighted by Crippen LogP contribution is -2.29. The minimum atomic E-state index is -0.488. The maximum Gasteiger partial charge on any atom is 0.102 e. The summed E-state index contributed by atoms with van der Waals surface area (Å²) in [4.78, 5) is 0. The number of nitrogens with zero attached hydrogens (tertiary/aromatic N) is 3. The zero-order valence-corrected chi connectivity index (χ0v) is 10.9. The molecule has 0 unspecified atom stereocenters. The van der Waals surface area contributed by atoms with Crippen molar-refractivity contribution in [3.63, 3.8) is 0 Å². The van der Waals surface area contributed by atoms with Gasteiger partial charge < -0.3 is 5.73 Å². The van der Waals surface area contributed by atoms with Crippen molar-refractivity contribution in [2.45, 2.75) is 26.3 Å². The molecular formula is C12H15ClN4. The van der Waals surface area contributed by atoms with E-state index in [4.69, 9.17) is 17.3 Å². The molecule has 1 heterocycles. The highest BCUT2D eigenvalue weighted by molar-refractivity contribution is 6.30. The fraction of sp³-hybridized carbons (Fsp3) is 0.333. The zero-order chi connectivity index (χ0) is 12.6. The van der Waals surface area contributed by atoms with Gasteiger partial charge in [-0.3, -0.25) is 0 Å². The van der Waals surface area contributed by atoms with Gasteiger partial charge in [-0.25, -0.2) is 4.68 Å². The standard InChI is InChI=1S/C12H15ClN4/c1-8-6-9(13)4-5-10(8)17-7-11(15-16-17)12(2,3)14/h4-7H,14H2,1-3H3. The van der Waals surface area contributed by atoms with Crippen LogP contribution in [-0.2, 0) is 5.54 Å². The van der Waals surface area contributed by atoms with Gasteiger partial charge >= 0.3 is 0 Å². The van der Waals surface area contributed by atoms with E-state index in [1.54, 1.807) is 4.68 Å². The molecule has 90 valence electrons. The summed E-state index contributed by atoms with van der Waals surface area (Å²) in [5.41, 5.74) is 8.24. The van der Waals surface area contributed by atoms with E-state index in [-0.39, 0.29) is 0 Å². The van der Waals surface area contributed by atoms with Crippen molar-refractivity contribution in [1.82, 2.24) is 15.0 Å². The molecule has 2 aromatic rings. The molecule has 0 bridgehead atoms. The van der Waals surface area contributed by atoms with Gasteiger partial charge in [-0.15, -0.1) is 5.10 Å². The second-order valence-corrected chi connectivity index (χ2v) is 5.14. The molecule has 17 heavy (non-hydrogen) atoms. The van der Waals surface area contributed by atoms with Crippen LogP contribution in [-0.4, -0.2) is 15.0 Å². The van der Waals surface area contributed by atoms with Crippen LogP contribution in [0.2, 0.25) is 5.02 Å². The van der Waals surface area contributed by atoms with Crippen molar-refractivity contribution in [1.29, 1.82) is 0 Å². The number of nitrogens with two attached hydrogens (primary N) is 1. The fourth-order valence-corrected chi connectivity index (χ4v) is 1.78. The quantitative estimate of drug-likeness (QED) is 0.891. The summed E-state index contributed by atoms with van der Waals surface area (Å²) in [6.07, 6.45) is 1.84. The summed E-state index contributed by atoms with van der Waals surface area (Å²) in [6.45, 7) is 5.78. The summed E-state index contributed by atoms with van der Waals surface area (Å²) in [6, 6.07) is 5.64. The SMILES string of the molecule is Cc1cc(Cl)ccc1-n1cc(C(C)(C)N)nn1. The molecule has 1 aromatic carbocycles. The van der Waals surface area contributed by atoms with E-state index in [1.807, 2.05) is 45.2 Å². The molecule has 0 aliphatic rings. The van der Waals surface area contributed by atoms with Gasteiger partial charge in [-0.05, 0) is 44.5 Å². The highest BCUT2D eigenvalue weighted by Crippen LogP contribution is 2.20. The molecule has 1 aromatic heterocycles. The highest BCUT2D eigenvalue weighted by atomic mass is 35.5. The first-order valence-electron chi connectivity index (χ1n) is 5.36. The van der Waals surface area contributed by atoms with Crippen LogP contribution in [0.15, 0.2) is 24.4 Å². The summed E-state index contributed by atoms with van der Waals surface area (Å²) >= 11 is 5.92. The average Bonchev–Trinajstić information content (AvgIpc) is 2.65. The van der Waals surface area contributed by atoms with Crippen LogP contribution in [0.3, 0.4) is 0 Å². The Balaban J connectivity index is 2.44. The number of hydrogen-bond acceptors (Lipinski definition) is 3. The van der Waals surface area contributed by atoms with Crippen LogP contribution in [0.5, 0.6) is 0 Å². The third kappa shape index (κ3) is 2.48. The van der Waals surface area contributed by atoms with Crippen molar-refractivity contribution < 1.29 is 0 Å². The Morgan fingerprint density at radius 2 is 2.06 bits per heavy atom. The normalized spacial score (nSPS) is 11.8. The van der Waals surface area contributed by atoms with Crippen molar-refractivity contribution >= 4 is 11.6 Å². The molecule has 0 amide bonds. The first kappa shape index (κ1) is 12.1. The fourth-order valence-electron chi connectivity index (χ4n) is 1.55. The lowest BCUT2D eigenvalue weighted by atomic mass is 10.0. The van der Waals surface area contributed by atoms with Crippen LogP contribution >= 0.6 is 11.6 Å². The van der Waals surface area contributed by atoms with E-state index in [2.05, 4.69) is 10.3 Å². The van der Waals surface area contributed by atoms with Crippen LogP contribution < -0.4 is 5.73 Å². The lowest BCUT2D eigenvalue weighted by Gasteiger charge is -2.13. The molecule has 0 radical (unpaired) electrons. The first-order chi connectivity index (χ1) is 7.88. The lowest BCUT2D eigenvalue weighted by molar-refractivity contribution is 0.533. The van der Waals surface area contributed by atoms with Gasteiger partial charge in [0.1, 0.15) is 5.69 Å². The Labute approximate surface area is 105 Å². The van der Waals surface area contributed by atoms with E-state index < -0.39 is 5.54 Å². The Morgan fingerprint density at radius 3 is 2.59 bits per heavy atom. The number of hydrogen-bond donors (Lipinski definition) is 1. The molecule has 2 N–H and O–H groups in total. The first-order valence-corrected chi connectivity index (χ1v) is 5.74. The third-order valence-electron chi connectivity index (χ3n) is 2.56. The molecule has 0 fully saturated rings. The second-order valence-electron chi connectivity index (χ2n) is 4.70. The summed E-state index contributed by atoms with van der Waals surface area (Å²) in [5, 5.41) is 8.88. The van der Waals surface area contributed by atoms with Gasteiger partial charge in [0.15, 0.2) is 0 Å². The topological polar surface area (TPSA) is 56.7 Å². The van der Waals surface area contributed by atoms with Crippen molar-refractivity contribution in [2.75, 3.05) is 0 Å². The molecule has 0 aliphatic carbocycles. The van der Waals surface area contributed by atoms with Gasteiger partial charge in [-0.2, -0.15) is 0 Å². The van der Waals surface area contributed by atoms with E-state index in [0.717, 1.165) is 16.9 Å². The summed E-state index contributed by atoms with van der Waals surface area (Å²) in [7, 11) is 0. The number of halogens is 1. The second kappa shape index (κ2) is 4.13. The van der Waals surface area contributed by atoms with Gasteiger partial charge in [-0.1, -0.05) is 16.8 Å². The van der Waals surface area contributed by atoms with Crippen LogP contribution in [0.1, 0.15) is 25.1 Å². The number of aryl methyl sites for hydroxylation is 1. The highest BCUT2D eigenvalue weighted by Gasteiger charge is 2.18. The van der Waals surface area contributed by atoms with Gasteiger partial charge in [0.25, 0.3) is 0 Å². The molecule has 0 spiro atoms. The van der Waals surface area contributed by atoms with Gasteiger partial charge in [0, 0.05) is 5.02 Å². The molecule has 5 heteroatoms. The monoisotopic (exact) mass is 250 g/mol. The van der Waals surface area contributed by atoms with Crippen LogP contribution in [0.4, 0.5) is 0 Å². The summed E-state index contributed by atoms with van der Waals surface area (Å²) in [5.74, 6) is 0. The minimum Gasteiger partial charge on any atom is -0.320 e. The van der Waals surface area contributed by atoms with Crippen molar-refractivity contribution in [3.05, 3.63) is 40.7 Å². The predicted octanol–water partition coefficient (Wildman–Crippen LogP) is 2.42. The molecule has 4 nitrogen and oxygen atoms in total. The minimum absolute atomic E-state index is 0.488. The van der Waals surface area contributed by atoms with Crippen molar-refractivity contribution in [2.24, 2.45) is 5.73 Å². The maximum absolute atomic E-state index is 5.97. The average molecular weight is 251 g/mol. The summed E-state index contributed by atoms with van der Waals surface area (Å²) < 4.78 is 1.72. The molecule has 2 rings (SSSR count). The molecule has 0 aliphatic heterocycles. The third-order valence-corrected chi connectivity index (χ3v) is 2.79. The molecule has 0 saturated heterocycles.